The lowest BCUT2D eigenvalue weighted by Gasteiger charge is -2.19. The Kier molecular flexibility index (Phi) is 5.93. The first-order valence-corrected chi connectivity index (χ1v) is 9.40. The first kappa shape index (κ1) is 18.4. The van der Waals surface area contributed by atoms with Crippen molar-refractivity contribution in [1.82, 2.24) is 9.29 Å². The van der Waals surface area contributed by atoms with Gasteiger partial charge < -0.3 is 5.32 Å². The molecular weight excluding hydrogens is 350 g/mol. The van der Waals surface area contributed by atoms with Gasteiger partial charge in [-0.15, -0.1) is 0 Å². The SMILES string of the molecule is Cc1c(Cl)cccc1NC(=O)CN(Cc1ccccn1)S(C)(=O)=O. The second kappa shape index (κ2) is 7.74. The zero-order chi connectivity index (χ0) is 17.7. The molecule has 0 aliphatic rings. The number of sulfonamides is 1. The molecular formula is C16H18ClN3O3S. The van der Waals surface area contributed by atoms with Crippen LogP contribution in [0, 0.1) is 6.92 Å². The quantitative estimate of drug-likeness (QED) is 0.850. The molecule has 1 aromatic heterocycles. The molecule has 0 saturated carbocycles. The van der Waals surface area contributed by atoms with Crippen LogP contribution in [-0.2, 0) is 21.4 Å². The van der Waals surface area contributed by atoms with Crippen molar-refractivity contribution in [2.45, 2.75) is 13.5 Å². The minimum Gasteiger partial charge on any atom is -0.325 e. The number of halogens is 1. The van der Waals surface area contributed by atoms with Crippen molar-refractivity contribution in [3.05, 3.63) is 58.9 Å². The Bertz CT molecular complexity index is 826. The number of rotatable bonds is 6. The maximum atomic E-state index is 12.2. The summed E-state index contributed by atoms with van der Waals surface area (Å²) >= 11 is 6.02. The van der Waals surface area contributed by atoms with Gasteiger partial charge in [-0.25, -0.2) is 8.42 Å². The average molecular weight is 368 g/mol. The molecule has 0 radical (unpaired) electrons. The molecule has 128 valence electrons. The summed E-state index contributed by atoms with van der Waals surface area (Å²) < 4.78 is 25.0. The van der Waals surface area contributed by atoms with E-state index in [-0.39, 0.29) is 13.1 Å². The zero-order valence-corrected chi connectivity index (χ0v) is 14.9. The summed E-state index contributed by atoms with van der Waals surface area (Å²) in [7, 11) is -3.56. The standard InChI is InChI=1S/C16H18ClN3O3S/c1-12-14(17)7-5-8-15(12)19-16(21)11-20(24(2,22)23)10-13-6-3-4-9-18-13/h3-9H,10-11H2,1-2H3,(H,19,21). The van der Waals surface area contributed by atoms with Crippen LogP contribution in [0.25, 0.3) is 0 Å². The molecule has 1 heterocycles. The number of anilines is 1. The maximum absolute atomic E-state index is 12.2. The number of hydrogen-bond acceptors (Lipinski definition) is 4. The third-order valence-corrected chi connectivity index (χ3v) is 5.00. The molecule has 0 unspecified atom stereocenters. The number of hydrogen-bond donors (Lipinski definition) is 1. The summed E-state index contributed by atoms with van der Waals surface area (Å²) in [6.07, 6.45) is 2.64. The Labute approximate surface area is 146 Å². The lowest BCUT2D eigenvalue weighted by Crippen LogP contribution is -2.37. The van der Waals surface area contributed by atoms with E-state index in [1.165, 1.54) is 0 Å². The van der Waals surface area contributed by atoms with E-state index in [2.05, 4.69) is 10.3 Å². The van der Waals surface area contributed by atoms with Crippen molar-refractivity contribution in [1.29, 1.82) is 0 Å². The largest absolute Gasteiger partial charge is 0.325 e. The number of pyridine rings is 1. The van der Waals surface area contributed by atoms with Gasteiger partial charge >= 0.3 is 0 Å². The van der Waals surface area contributed by atoms with Crippen LogP contribution in [0.15, 0.2) is 42.6 Å². The van der Waals surface area contributed by atoms with Crippen LogP contribution in [0.1, 0.15) is 11.3 Å². The van der Waals surface area contributed by atoms with Gasteiger partial charge in [-0.05, 0) is 36.8 Å². The van der Waals surface area contributed by atoms with E-state index < -0.39 is 15.9 Å². The van der Waals surface area contributed by atoms with Crippen molar-refractivity contribution in [3.63, 3.8) is 0 Å². The van der Waals surface area contributed by atoms with Gasteiger partial charge in [0, 0.05) is 16.9 Å². The topological polar surface area (TPSA) is 79.4 Å². The van der Waals surface area contributed by atoms with Crippen molar-refractivity contribution < 1.29 is 13.2 Å². The Balaban J connectivity index is 2.12. The molecule has 24 heavy (non-hydrogen) atoms. The zero-order valence-electron chi connectivity index (χ0n) is 13.4. The van der Waals surface area contributed by atoms with Gasteiger partial charge in [0.05, 0.1) is 25.0 Å². The first-order valence-electron chi connectivity index (χ1n) is 7.17. The maximum Gasteiger partial charge on any atom is 0.239 e. The van der Waals surface area contributed by atoms with Gasteiger partial charge in [0.2, 0.25) is 15.9 Å². The fourth-order valence-electron chi connectivity index (χ4n) is 2.06. The Morgan fingerprint density at radius 1 is 1.25 bits per heavy atom. The van der Waals surface area contributed by atoms with Crippen molar-refractivity contribution in [2.24, 2.45) is 0 Å². The summed E-state index contributed by atoms with van der Waals surface area (Å²) in [5.41, 5.74) is 1.84. The lowest BCUT2D eigenvalue weighted by atomic mass is 10.2. The molecule has 1 amide bonds. The Morgan fingerprint density at radius 2 is 2.00 bits per heavy atom. The highest BCUT2D eigenvalue weighted by atomic mass is 35.5. The smallest absolute Gasteiger partial charge is 0.239 e. The van der Waals surface area contributed by atoms with Gasteiger partial charge in [-0.3, -0.25) is 9.78 Å². The molecule has 8 heteroatoms. The number of aromatic nitrogens is 1. The highest BCUT2D eigenvalue weighted by molar-refractivity contribution is 7.88. The van der Waals surface area contributed by atoms with E-state index in [9.17, 15) is 13.2 Å². The van der Waals surface area contributed by atoms with Gasteiger partial charge in [0.15, 0.2) is 0 Å². The first-order chi connectivity index (χ1) is 11.3. The third kappa shape index (κ3) is 5.02. The summed E-state index contributed by atoms with van der Waals surface area (Å²) in [4.78, 5) is 16.3. The predicted octanol–water partition coefficient (Wildman–Crippen LogP) is 2.44. The number of nitrogens with one attached hydrogen (secondary N) is 1. The monoisotopic (exact) mass is 367 g/mol. The summed E-state index contributed by atoms with van der Waals surface area (Å²) in [5.74, 6) is -0.443. The predicted molar refractivity (Wildman–Crippen MR) is 94.3 cm³/mol. The van der Waals surface area contributed by atoms with Crippen molar-refractivity contribution in [3.8, 4) is 0 Å². The molecule has 2 aromatic rings. The number of carbonyl (C=O) groups is 1. The number of benzene rings is 1. The van der Waals surface area contributed by atoms with Crippen LogP contribution in [0.2, 0.25) is 5.02 Å². The molecule has 0 bridgehead atoms. The van der Waals surface area contributed by atoms with Crippen LogP contribution in [-0.4, -0.2) is 36.4 Å². The number of amides is 1. The molecule has 0 aliphatic heterocycles. The third-order valence-electron chi connectivity index (χ3n) is 3.40. The fraction of sp³-hybridized carbons (Fsp3) is 0.250. The normalized spacial score (nSPS) is 11.5. The molecule has 6 nitrogen and oxygen atoms in total. The van der Waals surface area contributed by atoms with Gasteiger partial charge in [-0.2, -0.15) is 4.31 Å². The highest BCUT2D eigenvalue weighted by Gasteiger charge is 2.21. The molecule has 1 aromatic carbocycles. The van der Waals surface area contributed by atoms with E-state index in [0.717, 1.165) is 16.1 Å². The van der Waals surface area contributed by atoms with E-state index in [4.69, 9.17) is 11.6 Å². The van der Waals surface area contributed by atoms with E-state index in [1.54, 1.807) is 49.5 Å². The number of nitrogens with zero attached hydrogens (tertiary/aromatic N) is 2. The molecule has 1 N–H and O–H groups in total. The number of carbonyl (C=O) groups excluding carboxylic acids is 1. The second-order valence-electron chi connectivity index (χ2n) is 5.31. The lowest BCUT2D eigenvalue weighted by molar-refractivity contribution is -0.116. The van der Waals surface area contributed by atoms with E-state index in [1.807, 2.05) is 0 Å². The minimum atomic E-state index is -3.56. The van der Waals surface area contributed by atoms with Crippen LogP contribution in [0.4, 0.5) is 5.69 Å². The molecule has 0 aliphatic carbocycles. The summed E-state index contributed by atoms with van der Waals surface area (Å²) in [6.45, 7) is 1.50. The summed E-state index contributed by atoms with van der Waals surface area (Å²) in [5, 5.41) is 3.22. The van der Waals surface area contributed by atoms with E-state index in [0.29, 0.717) is 16.4 Å². The van der Waals surface area contributed by atoms with Crippen LogP contribution in [0.5, 0.6) is 0 Å². The van der Waals surface area contributed by atoms with Crippen LogP contribution < -0.4 is 5.32 Å². The van der Waals surface area contributed by atoms with Crippen molar-refractivity contribution in [2.75, 3.05) is 18.1 Å². The molecule has 0 saturated heterocycles. The van der Waals surface area contributed by atoms with Crippen LogP contribution in [0.3, 0.4) is 0 Å². The molecule has 0 spiro atoms. The highest BCUT2D eigenvalue weighted by Crippen LogP contribution is 2.22. The van der Waals surface area contributed by atoms with E-state index >= 15 is 0 Å². The summed E-state index contributed by atoms with van der Waals surface area (Å²) in [6, 6.07) is 10.4. The second-order valence-corrected chi connectivity index (χ2v) is 7.70. The van der Waals surface area contributed by atoms with Crippen molar-refractivity contribution >= 4 is 33.2 Å². The molecule has 0 atom stereocenters. The van der Waals surface area contributed by atoms with Gasteiger partial charge in [-0.1, -0.05) is 23.7 Å². The molecule has 2 rings (SSSR count). The van der Waals surface area contributed by atoms with Gasteiger partial charge in [0.1, 0.15) is 0 Å². The van der Waals surface area contributed by atoms with Crippen LogP contribution >= 0.6 is 11.6 Å². The van der Waals surface area contributed by atoms with Gasteiger partial charge in [0.25, 0.3) is 0 Å². The Hall–Kier alpha value is -1.96. The minimum absolute atomic E-state index is 0.0294. The average Bonchev–Trinajstić information content (AvgIpc) is 2.51. The fourth-order valence-corrected chi connectivity index (χ4v) is 2.95. The molecule has 0 fully saturated rings. The Morgan fingerprint density at radius 3 is 2.62 bits per heavy atom.